The van der Waals surface area contributed by atoms with Crippen LogP contribution >= 0.6 is 45.2 Å². The van der Waals surface area contributed by atoms with Crippen LogP contribution in [0.4, 0.5) is 0 Å². The molecule has 0 aliphatic heterocycles. The van der Waals surface area contributed by atoms with Crippen LogP contribution in [0.1, 0.15) is 22.3 Å². The fourth-order valence-corrected chi connectivity index (χ4v) is 2.88. The third-order valence-electron chi connectivity index (χ3n) is 2.08. The van der Waals surface area contributed by atoms with E-state index in [0.29, 0.717) is 0 Å². The monoisotopic (exact) mass is 386 g/mol. The molecule has 0 fully saturated rings. The summed E-state index contributed by atoms with van der Waals surface area (Å²) in [5.41, 5.74) is 5.81. The molecule has 1 aromatic rings. The summed E-state index contributed by atoms with van der Waals surface area (Å²) in [7, 11) is 0. The normalized spacial score (nSPS) is 10.3. The SMILES string of the molecule is Cc1cc(C)c(CI)cc1CI. The van der Waals surface area contributed by atoms with Crippen molar-refractivity contribution in [3.63, 3.8) is 0 Å². The van der Waals surface area contributed by atoms with E-state index in [2.05, 4.69) is 71.2 Å². The van der Waals surface area contributed by atoms with Crippen LogP contribution in [0.3, 0.4) is 0 Å². The summed E-state index contributed by atoms with van der Waals surface area (Å²) >= 11 is 4.84. The number of halogens is 2. The molecule has 66 valence electrons. The van der Waals surface area contributed by atoms with Crippen molar-refractivity contribution in [2.75, 3.05) is 0 Å². The molecule has 2 heteroatoms. The molecule has 0 saturated heterocycles. The third-order valence-corrected chi connectivity index (χ3v) is 3.73. The maximum atomic E-state index is 2.42. The minimum atomic E-state index is 1.12. The molecular weight excluding hydrogens is 374 g/mol. The highest BCUT2D eigenvalue weighted by Crippen LogP contribution is 2.20. The predicted molar refractivity (Wildman–Crippen MR) is 71.4 cm³/mol. The Morgan fingerprint density at radius 3 is 1.67 bits per heavy atom. The molecule has 0 aliphatic rings. The molecule has 0 spiro atoms. The molecule has 0 nitrogen and oxygen atoms in total. The molecule has 1 aromatic carbocycles. The lowest BCUT2D eigenvalue weighted by atomic mass is 10.0. The quantitative estimate of drug-likeness (QED) is 0.529. The number of hydrogen-bond donors (Lipinski definition) is 0. The molecule has 0 N–H and O–H groups in total. The van der Waals surface area contributed by atoms with Crippen LogP contribution in [0.2, 0.25) is 0 Å². The second kappa shape index (κ2) is 4.79. The van der Waals surface area contributed by atoms with Gasteiger partial charge in [0, 0.05) is 8.86 Å². The van der Waals surface area contributed by atoms with E-state index in [9.17, 15) is 0 Å². The van der Waals surface area contributed by atoms with Gasteiger partial charge in [-0.1, -0.05) is 57.3 Å². The van der Waals surface area contributed by atoms with Gasteiger partial charge < -0.3 is 0 Å². The Morgan fingerprint density at radius 1 is 0.917 bits per heavy atom. The van der Waals surface area contributed by atoms with Gasteiger partial charge in [-0.05, 0) is 36.1 Å². The van der Waals surface area contributed by atoms with Crippen LogP contribution in [0.15, 0.2) is 12.1 Å². The Balaban J connectivity index is 3.18. The number of benzene rings is 1. The molecule has 0 heterocycles. The first-order valence-corrected chi connectivity index (χ1v) is 6.95. The number of aryl methyl sites for hydroxylation is 2. The highest BCUT2D eigenvalue weighted by atomic mass is 127. The Labute approximate surface area is 101 Å². The Bertz CT molecular complexity index is 254. The summed E-state index contributed by atoms with van der Waals surface area (Å²) in [6.45, 7) is 4.38. The maximum Gasteiger partial charge on any atom is 0.0249 e. The van der Waals surface area contributed by atoms with E-state index >= 15 is 0 Å². The van der Waals surface area contributed by atoms with E-state index < -0.39 is 0 Å². The standard InChI is InChI=1S/C10H12I2/c1-7-3-8(2)10(6-12)4-9(7)5-11/h3-4H,5-6H2,1-2H3. The Hall–Kier alpha value is 0.680. The van der Waals surface area contributed by atoms with Gasteiger partial charge in [0.05, 0.1) is 0 Å². The second-order valence-corrected chi connectivity index (χ2v) is 4.50. The van der Waals surface area contributed by atoms with E-state index in [1.165, 1.54) is 22.3 Å². The zero-order valence-corrected chi connectivity index (χ0v) is 11.6. The first-order chi connectivity index (χ1) is 5.69. The Kier molecular flexibility index (Phi) is 4.29. The molecule has 1 rings (SSSR count). The van der Waals surface area contributed by atoms with E-state index in [-0.39, 0.29) is 0 Å². The molecule has 0 aliphatic carbocycles. The van der Waals surface area contributed by atoms with Gasteiger partial charge >= 0.3 is 0 Å². The van der Waals surface area contributed by atoms with Crippen molar-refractivity contribution in [2.45, 2.75) is 22.7 Å². The van der Waals surface area contributed by atoms with Crippen molar-refractivity contribution < 1.29 is 0 Å². The van der Waals surface area contributed by atoms with Crippen molar-refractivity contribution in [3.05, 3.63) is 34.4 Å². The van der Waals surface area contributed by atoms with Crippen molar-refractivity contribution in [1.29, 1.82) is 0 Å². The van der Waals surface area contributed by atoms with Crippen molar-refractivity contribution in [2.24, 2.45) is 0 Å². The first kappa shape index (κ1) is 10.8. The molecular formula is C10H12I2. The molecule has 0 atom stereocenters. The van der Waals surface area contributed by atoms with Crippen LogP contribution in [0.5, 0.6) is 0 Å². The van der Waals surface area contributed by atoms with Crippen molar-refractivity contribution in [3.8, 4) is 0 Å². The Morgan fingerprint density at radius 2 is 1.33 bits per heavy atom. The summed E-state index contributed by atoms with van der Waals surface area (Å²) in [6.07, 6.45) is 0. The van der Waals surface area contributed by atoms with Crippen LogP contribution in [0.25, 0.3) is 0 Å². The minimum absolute atomic E-state index is 1.12. The predicted octanol–water partition coefficient (Wildman–Crippen LogP) is 4.17. The summed E-state index contributed by atoms with van der Waals surface area (Å²) in [4.78, 5) is 0. The molecule has 0 unspecified atom stereocenters. The van der Waals surface area contributed by atoms with Gasteiger partial charge in [0.25, 0.3) is 0 Å². The van der Waals surface area contributed by atoms with Gasteiger partial charge in [-0.3, -0.25) is 0 Å². The average molecular weight is 386 g/mol. The summed E-state index contributed by atoms with van der Waals surface area (Å²) < 4.78 is 2.24. The lowest BCUT2D eigenvalue weighted by Crippen LogP contribution is -1.91. The van der Waals surface area contributed by atoms with E-state index in [4.69, 9.17) is 0 Å². The number of hydrogen-bond acceptors (Lipinski definition) is 0. The van der Waals surface area contributed by atoms with Gasteiger partial charge in [0.2, 0.25) is 0 Å². The highest BCUT2D eigenvalue weighted by molar-refractivity contribution is 14.1. The van der Waals surface area contributed by atoms with Crippen molar-refractivity contribution in [1.82, 2.24) is 0 Å². The smallest absolute Gasteiger partial charge is 0.0249 e. The zero-order valence-electron chi connectivity index (χ0n) is 7.32. The van der Waals surface area contributed by atoms with Crippen LogP contribution < -0.4 is 0 Å². The van der Waals surface area contributed by atoms with Crippen LogP contribution in [-0.2, 0) is 8.86 Å². The highest BCUT2D eigenvalue weighted by Gasteiger charge is 2.01. The first-order valence-electron chi connectivity index (χ1n) is 3.90. The summed E-state index contributed by atoms with van der Waals surface area (Å²) in [6, 6.07) is 4.63. The summed E-state index contributed by atoms with van der Waals surface area (Å²) in [5, 5.41) is 0. The average Bonchev–Trinajstić information content (AvgIpc) is 2.05. The number of alkyl halides is 2. The summed E-state index contributed by atoms with van der Waals surface area (Å²) in [5.74, 6) is 0. The van der Waals surface area contributed by atoms with Crippen molar-refractivity contribution >= 4 is 45.2 Å². The zero-order chi connectivity index (χ0) is 9.14. The second-order valence-electron chi connectivity index (χ2n) is 2.97. The topological polar surface area (TPSA) is 0 Å². The fourth-order valence-electron chi connectivity index (χ4n) is 1.24. The molecule has 0 bridgehead atoms. The maximum absolute atomic E-state index is 2.42. The molecule has 0 amide bonds. The lowest BCUT2D eigenvalue weighted by Gasteiger charge is -2.08. The molecule has 12 heavy (non-hydrogen) atoms. The number of rotatable bonds is 2. The lowest BCUT2D eigenvalue weighted by molar-refractivity contribution is 1.23. The minimum Gasteiger partial charge on any atom is -0.0812 e. The largest absolute Gasteiger partial charge is 0.0812 e. The van der Waals surface area contributed by atoms with Gasteiger partial charge in [-0.15, -0.1) is 0 Å². The van der Waals surface area contributed by atoms with Crippen LogP contribution in [0, 0.1) is 13.8 Å². The molecule has 0 radical (unpaired) electrons. The molecule has 0 aromatic heterocycles. The van der Waals surface area contributed by atoms with Gasteiger partial charge in [-0.25, -0.2) is 0 Å². The van der Waals surface area contributed by atoms with E-state index in [1.807, 2.05) is 0 Å². The molecule has 0 saturated carbocycles. The fraction of sp³-hybridized carbons (Fsp3) is 0.400. The van der Waals surface area contributed by atoms with Gasteiger partial charge in [-0.2, -0.15) is 0 Å². The van der Waals surface area contributed by atoms with Gasteiger partial charge in [0.15, 0.2) is 0 Å². The van der Waals surface area contributed by atoms with Gasteiger partial charge in [0.1, 0.15) is 0 Å². The van der Waals surface area contributed by atoms with Crippen LogP contribution in [-0.4, -0.2) is 0 Å². The van der Waals surface area contributed by atoms with E-state index in [1.54, 1.807) is 0 Å². The third kappa shape index (κ3) is 2.34. The van der Waals surface area contributed by atoms with E-state index in [0.717, 1.165) is 8.86 Å².